The molecular weight excluding hydrogens is 512 g/mol. The molecule has 7 heteroatoms. The lowest BCUT2D eigenvalue weighted by atomic mass is 9.86. The van der Waals surface area contributed by atoms with Crippen molar-refractivity contribution in [1.82, 2.24) is 0 Å². The Labute approximate surface area is 237 Å². The zero-order valence-electron chi connectivity index (χ0n) is 24.0. The molecule has 0 aromatic heterocycles. The van der Waals surface area contributed by atoms with Crippen molar-refractivity contribution in [3.63, 3.8) is 0 Å². The molecule has 0 amide bonds. The Balaban J connectivity index is 0.000000753. The van der Waals surface area contributed by atoms with E-state index in [1.807, 2.05) is 38.1 Å². The van der Waals surface area contributed by atoms with E-state index in [4.69, 9.17) is 14.6 Å². The summed E-state index contributed by atoms with van der Waals surface area (Å²) in [6.45, 7) is 10.1. The highest BCUT2D eigenvalue weighted by molar-refractivity contribution is 8.04. The van der Waals surface area contributed by atoms with E-state index in [0.29, 0.717) is 18.6 Å². The number of cyclic esters (lactones) is 1. The molecule has 1 saturated carbocycles. The number of ether oxygens (including phenoxy) is 2. The van der Waals surface area contributed by atoms with Crippen LogP contribution in [0.1, 0.15) is 89.3 Å². The number of phenols is 1. The first kappa shape index (κ1) is 30.9. The molecule has 1 unspecified atom stereocenters. The molecule has 39 heavy (non-hydrogen) atoms. The van der Waals surface area contributed by atoms with Gasteiger partial charge in [0, 0.05) is 11.3 Å². The van der Waals surface area contributed by atoms with Crippen LogP contribution in [0.15, 0.2) is 52.0 Å². The third-order valence-electron chi connectivity index (χ3n) is 7.10. The van der Waals surface area contributed by atoms with Crippen molar-refractivity contribution in [3.05, 3.63) is 63.8 Å². The van der Waals surface area contributed by atoms with Crippen molar-refractivity contribution in [2.75, 3.05) is 13.2 Å². The van der Waals surface area contributed by atoms with E-state index >= 15 is 0 Å². The van der Waals surface area contributed by atoms with Gasteiger partial charge >= 0.3 is 5.97 Å². The van der Waals surface area contributed by atoms with Gasteiger partial charge in [-0.1, -0.05) is 76.8 Å². The minimum atomic E-state index is -0.812. The van der Waals surface area contributed by atoms with Crippen LogP contribution in [0.3, 0.4) is 0 Å². The number of carbonyl (C=O) groups is 1. The molecule has 3 N–H and O–H groups in total. The van der Waals surface area contributed by atoms with Crippen LogP contribution in [-0.2, 0) is 21.4 Å². The highest BCUT2D eigenvalue weighted by atomic mass is 32.2. The van der Waals surface area contributed by atoms with E-state index in [-0.39, 0.29) is 41.5 Å². The number of benzene rings is 2. The first-order valence-electron chi connectivity index (χ1n) is 13.9. The summed E-state index contributed by atoms with van der Waals surface area (Å²) in [6, 6.07) is 10.8. The van der Waals surface area contributed by atoms with Gasteiger partial charge in [-0.15, -0.1) is 0 Å². The van der Waals surface area contributed by atoms with E-state index in [1.165, 1.54) is 43.9 Å². The number of rotatable bonds is 8. The Morgan fingerprint density at radius 2 is 1.64 bits per heavy atom. The molecule has 0 radical (unpaired) electrons. The quantitative estimate of drug-likeness (QED) is 0.289. The molecule has 1 atom stereocenters. The van der Waals surface area contributed by atoms with E-state index < -0.39 is 11.6 Å². The lowest BCUT2D eigenvalue weighted by Crippen LogP contribution is -2.37. The van der Waals surface area contributed by atoms with Crippen molar-refractivity contribution >= 4 is 17.7 Å². The fourth-order valence-corrected chi connectivity index (χ4v) is 6.05. The summed E-state index contributed by atoms with van der Waals surface area (Å²) in [5, 5.41) is 29.4. The Morgan fingerprint density at radius 3 is 2.18 bits per heavy atom. The molecule has 2 aliphatic rings. The van der Waals surface area contributed by atoms with Gasteiger partial charge in [0.05, 0.1) is 6.61 Å². The van der Waals surface area contributed by atoms with E-state index in [9.17, 15) is 15.0 Å². The Hall–Kier alpha value is -2.64. The predicted molar refractivity (Wildman–Crippen MR) is 157 cm³/mol. The molecule has 1 aliphatic carbocycles. The molecule has 214 valence electrons. The highest BCUT2D eigenvalue weighted by Crippen LogP contribution is 2.44. The van der Waals surface area contributed by atoms with Crippen LogP contribution in [0.5, 0.6) is 11.5 Å². The van der Waals surface area contributed by atoms with Gasteiger partial charge in [0.1, 0.15) is 34.4 Å². The topological polar surface area (TPSA) is 96.2 Å². The Kier molecular flexibility index (Phi) is 10.8. The number of aryl methyl sites for hydroxylation is 2. The first-order valence-corrected chi connectivity index (χ1v) is 14.7. The van der Waals surface area contributed by atoms with Crippen LogP contribution in [0.4, 0.5) is 0 Å². The predicted octanol–water partition coefficient (Wildman–Crippen LogP) is 7.52. The van der Waals surface area contributed by atoms with E-state index in [1.54, 1.807) is 12.1 Å². The SMILES string of the molecule is C1CCCC1.Cc1cc(SC2=C(O)CC(C)(CCc3ccc(O)cc3)OC2=O)c(C(C)(C)C)cc1OCCO. The molecule has 1 fully saturated rings. The van der Waals surface area contributed by atoms with Crippen LogP contribution in [0.25, 0.3) is 0 Å². The lowest BCUT2D eigenvalue weighted by Gasteiger charge is -2.34. The molecule has 2 aromatic rings. The van der Waals surface area contributed by atoms with E-state index in [2.05, 4.69) is 20.8 Å². The second-order valence-corrected chi connectivity index (χ2v) is 12.8. The number of hydrogen-bond donors (Lipinski definition) is 3. The van der Waals surface area contributed by atoms with Gasteiger partial charge in [0.15, 0.2) is 0 Å². The van der Waals surface area contributed by atoms with Gasteiger partial charge in [0.25, 0.3) is 0 Å². The van der Waals surface area contributed by atoms with E-state index in [0.717, 1.165) is 21.6 Å². The molecule has 4 rings (SSSR count). The van der Waals surface area contributed by atoms with Gasteiger partial charge in [-0.2, -0.15) is 0 Å². The van der Waals surface area contributed by atoms with Gasteiger partial charge in [-0.05, 0) is 73.1 Å². The highest BCUT2D eigenvalue weighted by Gasteiger charge is 2.39. The number of thioether (sulfide) groups is 1. The van der Waals surface area contributed by atoms with Crippen molar-refractivity contribution in [2.45, 2.75) is 102 Å². The maximum atomic E-state index is 13.0. The molecule has 1 aliphatic heterocycles. The minimum Gasteiger partial charge on any atom is -0.511 e. The van der Waals surface area contributed by atoms with Crippen molar-refractivity contribution in [2.24, 2.45) is 0 Å². The maximum Gasteiger partial charge on any atom is 0.348 e. The normalized spacial score (nSPS) is 19.4. The van der Waals surface area contributed by atoms with Crippen molar-refractivity contribution < 1.29 is 29.6 Å². The molecule has 1 heterocycles. The summed E-state index contributed by atoms with van der Waals surface area (Å²) >= 11 is 1.22. The fraction of sp³-hybridized carbons (Fsp3) is 0.531. The van der Waals surface area contributed by atoms with Crippen LogP contribution in [0, 0.1) is 6.92 Å². The van der Waals surface area contributed by atoms with Crippen LogP contribution in [0.2, 0.25) is 0 Å². The lowest BCUT2D eigenvalue weighted by molar-refractivity contribution is -0.156. The monoisotopic (exact) mass is 556 g/mol. The first-order chi connectivity index (χ1) is 18.4. The van der Waals surface area contributed by atoms with Crippen LogP contribution < -0.4 is 4.74 Å². The zero-order valence-corrected chi connectivity index (χ0v) is 24.8. The number of phenolic OH excluding ortho intramolecular Hbond substituents is 1. The number of aromatic hydroxyl groups is 1. The zero-order chi connectivity index (χ0) is 28.6. The molecule has 0 bridgehead atoms. The number of aliphatic hydroxyl groups excluding tert-OH is 2. The van der Waals surface area contributed by atoms with Crippen molar-refractivity contribution in [1.29, 1.82) is 0 Å². The number of esters is 1. The van der Waals surface area contributed by atoms with Crippen molar-refractivity contribution in [3.8, 4) is 11.5 Å². The van der Waals surface area contributed by atoms with Crippen LogP contribution in [-0.4, -0.2) is 40.1 Å². The van der Waals surface area contributed by atoms with Crippen LogP contribution >= 0.6 is 11.8 Å². The second-order valence-electron chi connectivity index (χ2n) is 11.8. The van der Waals surface area contributed by atoms with Gasteiger partial charge in [-0.3, -0.25) is 0 Å². The van der Waals surface area contributed by atoms with Gasteiger partial charge in [-0.25, -0.2) is 4.79 Å². The summed E-state index contributed by atoms with van der Waals surface area (Å²) in [7, 11) is 0. The summed E-state index contributed by atoms with van der Waals surface area (Å²) in [5.41, 5.74) is 1.83. The summed E-state index contributed by atoms with van der Waals surface area (Å²) in [6.07, 6.45) is 8.94. The third-order valence-corrected chi connectivity index (χ3v) is 8.27. The number of aliphatic hydroxyl groups is 2. The molecular formula is C32H44O6S. The Bertz CT molecular complexity index is 1140. The number of carbonyl (C=O) groups excluding carboxylic acids is 1. The standard InChI is InChI=1S/C27H34O6S.C5H10/c1-17-14-23(20(26(2,3)4)15-22(17)32-13-12-28)34-24-21(30)16-27(5,33-25(24)31)11-10-18-6-8-19(29)9-7-18;1-2-4-5-3-1/h6-9,14-15,28-30H,10-13,16H2,1-5H3;1-5H2. The minimum absolute atomic E-state index is 0.0348. The molecule has 0 saturated heterocycles. The maximum absolute atomic E-state index is 13.0. The molecule has 6 nitrogen and oxygen atoms in total. The second kappa shape index (κ2) is 13.6. The summed E-state index contributed by atoms with van der Waals surface area (Å²) in [4.78, 5) is 14.0. The average Bonchev–Trinajstić information content (AvgIpc) is 3.45. The molecule has 0 spiro atoms. The van der Waals surface area contributed by atoms with Gasteiger partial charge in [0.2, 0.25) is 0 Å². The number of hydrogen-bond acceptors (Lipinski definition) is 7. The largest absolute Gasteiger partial charge is 0.511 e. The molecule has 2 aromatic carbocycles. The fourth-order valence-electron chi connectivity index (χ4n) is 4.81. The smallest absolute Gasteiger partial charge is 0.348 e. The third kappa shape index (κ3) is 8.94. The summed E-state index contributed by atoms with van der Waals surface area (Å²) in [5.74, 6) is 0.404. The Morgan fingerprint density at radius 1 is 1.03 bits per heavy atom. The average molecular weight is 557 g/mol. The summed E-state index contributed by atoms with van der Waals surface area (Å²) < 4.78 is 11.5. The van der Waals surface area contributed by atoms with Gasteiger partial charge < -0.3 is 24.8 Å².